The van der Waals surface area contributed by atoms with Crippen LogP contribution in [0.3, 0.4) is 0 Å². The molecule has 0 saturated carbocycles. The van der Waals surface area contributed by atoms with Crippen LogP contribution in [0.25, 0.3) is 0 Å². The highest BCUT2D eigenvalue weighted by molar-refractivity contribution is 5.70. The summed E-state index contributed by atoms with van der Waals surface area (Å²) >= 11 is 0. The summed E-state index contributed by atoms with van der Waals surface area (Å²) in [5.74, 6) is 0.601. The van der Waals surface area contributed by atoms with Gasteiger partial charge in [0.2, 0.25) is 0 Å². The van der Waals surface area contributed by atoms with Crippen molar-refractivity contribution in [3.8, 4) is 5.75 Å². The van der Waals surface area contributed by atoms with Crippen LogP contribution in [0.5, 0.6) is 5.75 Å². The van der Waals surface area contributed by atoms with Crippen LogP contribution in [0.4, 0.5) is 5.69 Å². The van der Waals surface area contributed by atoms with Crippen LogP contribution in [0.15, 0.2) is 54.6 Å². The van der Waals surface area contributed by atoms with E-state index < -0.39 is 0 Å². The number of anilines is 1. The number of para-hydroxylation sites is 1. The van der Waals surface area contributed by atoms with Crippen LogP contribution in [-0.4, -0.2) is 32.3 Å². The predicted molar refractivity (Wildman–Crippen MR) is 106 cm³/mol. The van der Waals surface area contributed by atoms with Gasteiger partial charge in [-0.15, -0.1) is 0 Å². The molecule has 0 heterocycles. The number of rotatable bonds is 11. The number of aryl methyl sites for hydroxylation is 1. The third-order valence-corrected chi connectivity index (χ3v) is 4.09. The molecule has 4 heteroatoms. The average Bonchev–Trinajstić information content (AvgIpc) is 2.66. The molecular weight excluding hydrogens is 326 g/mol. The fourth-order valence-electron chi connectivity index (χ4n) is 2.67. The molecule has 0 saturated heterocycles. The van der Waals surface area contributed by atoms with Crippen molar-refractivity contribution >= 4 is 11.7 Å². The maximum Gasteiger partial charge on any atom is 0.307 e. The van der Waals surface area contributed by atoms with E-state index in [1.54, 1.807) is 0 Å². The van der Waals surface area contributed by atoms with Gasteiger partial charge in [-0.3, -0.25) is 4.79 Å². The second kappa shape index (κ2) is 11.2. The maximum atomic E-state index is 12.0. The Bertz CT molecular complexity index is 657. The van der Waals surface area contributed by atoms with E-state index in [-0.39, 0.29) is 12.6 Å². The SMILES string of the molecule is CCCCN(CCC(=O)OCCOc1ccccc1)c1cccc(C)c1. The Morgan fingerprint density at radius 3 is 2.54 bits per heavy atom. The number of ether oxygens (including phenoxy) is 2. The molecule has 0 spiro atoms. The molecule has 0 aliphatic rings. The third kappa shape index (κ3) is 7.18. The van der Waals surface area contributed by atoms with Crippen molar-refractivity contribution in [3.63, 3.8) is 0 Å². The zero-order valence-corrected chi connectivity index (χ0v) is 15.8. The second-order valence-electron chi connectivity index (χ2n) is 6.31. The lowest BCUT2D eigenvalue weighted by Gasteiger charge is -2.24. The van der Waals surface area contributed by atoms with Crippen molar-refractivity contribution < 1.29 is 14.3 Å². The number of carbonyl (C=O) groups excluding carboxylic acids is 1. The van der Waals surface area contributed by atoms with Gasteiger partial charge in [0, 0.05) is 18.8 Å². The highest BCUT2D eigenvalue weighted by Gasteiger charge is 2.10. The number of nitrogens with zero attached hydrogens (tertiary/aromatic N) is 1. The summed E-state index contributed by atoms with van der Waals surface area (Å²) in [4.78, 5) is 14.3. The van der Waals surface area contributed by atoms with Crippen molar-refractivity contribution in [3.05, 3.63) is 60.2 Å². The molecule has 0 fully saturated rings. The fraction of sp³-hybridized carbons (Fsp3) is 0.409. The number of esters is 1. The van der Waals surface area contributed by atoms with Gasteiger partial charge in [0.15, 0.2) is 0 Å². The maximum absolute atomic E-state index is 12.0. The molecule has 2 rings (SSSR count). The van der Waals surface area contributed by atoms with Crippen molar-refractivity contribution in [2.75, 3.05) is 31.2 Å². The molecule has 0 radical (unpaired) electrons. The number of carbonyl (C=O) groups is 1. The largest absolute Gasteiger partial charge is 0.490 e. The molecule has 0 aromatic heterocycles. The first kappa shape index (κ1) is 19.8. The molecule has 26 heavy (non-hydrogen) atoms. The molecule has 0 aliphatic carbocycles. The van der Waals surface area contributed by atoms with E-state index in [2.05, 4.69) is 43.0 Å². The van der Waals surface area contributed by atoms with Gasteiger partial charge in [-0.2, -0.15) is 0 Å². The highest BCUT2D eigenvalue weighted by Crippen LogP contribution is 2.17. The van der Waals surface area contributed by atoms with Crippen LogP contribution < -0.4 is 9.64 Å². The third-order valence-electron chi connectivity index (χ3n) is 4.09. The molecule has 2 aromatic carbocycles. The number of hydrogen-bond donors (Lipinski definition) is 0. The van der Waals surface area contributed by atoms with E-state index in [1.165, 1.54) is 11.3 Å². The Labute approximate surface area is 156 Å². The predicted octanol–water partition coefficient (Wildman–Crippen LogP) is 4.61. The minimum atomic E-state index is -0.184. The van der Waals surface area contributed by atoms with Crippen molar-refractivity contribution in [2.45, 2.75) is 33.1 Å². The average molecular weight is 355 g/mol. The van der Waals surface area contributed by atoms with E-state index in [0.29, 0.717) is 19.6 Å². The van der Waals surface area contributed by atoms with Gasteiger partial charge in [0.25, 0.3) is 0 Å². The monoisotopic (exact) mass is 355 g/mol. The molecule has 2 aromatic rings. The standard InChI is InChI=1S/C22H29NO3/c1-3-4-14-23(20-10-8-9-19(2)18-20)15-13-22(24)26-17-16-25-21-11-6-5-7-12-21/h5-12,18H,3-4,13-17H2,1-2H3. The smallest absolute Gasteiger partial charge is 0.307 e. The number of benzene rings is 2. The first-order valence-electron chi connectivity index (χ1n) is 9.34. The molecule has 4 nitrogen and oxygen atoms in total. The lowest BCUT2D eigenvalue weighted by Crippen LogP contribution is -2.28. The first-order valence-corrected chi connectivity index (χ1v) is 9.34. The summed E-state index contributed by atoms with van der Waals surface area (Å²) in [6.07, 6.45) is 2.61. The summed E-state index contributed by atoms with van der Waals surface area (Å²) in [6.45, 7) is 6.52. The summed E-state index contributed by atoms with van der Waals surface area (Å²) < 4.78 is 10.8. The lowest BCUT2D eigenvalue weighted by molar-refractivity contribution is -0.144. The number of unbranched alkanes of at least 4 members (excludes halogenated alkanes) is 1. The van der Waals surface area contributed by atoms with Crippen LogP contribution >= 0.6 is 0 Å². The summed E-state index contributed by atoms with van der Waals surface area (Å²) in [6, 6.07) is 17.9. The van der Waals surface area contributed by atoms with E-state index in [4.69, 9.17) is 9.47 Å². The zero-order valence-electron chi connectivity index (χ0n) is 15.8. The summed E-state index contributed by atoms with van der Waals surface area (Å²) in [7, 11) is 0. The summed E-state index contributed by atoms with van der Waals surface area (Å²) in [5, 5.41) is 0. The topological polar surface area (TPSA) is 38.8 Å². The molecular formula is C22H29NO3. The normalized spacial score (nSPS) is 10.4. The Morgan fingerprint density at radius 2 is 1.81 bits per heavy atom. The second-order valence-corrected chi connectivity index (χ2v) is 6.31. The Hall–Kier alpha value is -2.49. The molecule has 0 amide bonds. The van der Waals surface area contributed by atoms with Crippen LogP contribution in [-0.2, 0) is 9.53 Å². The fourth-order valence-corrected chi connectivity index (χ4v) is 2.67. The van der Waals surface area contributed by atoms with Gasteiger partial charge < -0.3 is 14.4 Å². The van der Waals surface area contributed by atoms with Gasteiger partial charge in [-0.1, -0.05) is 43.7 Å². The number of hydrogen-bond acceptors (Lipinski definition) is 4. The molecule has 140 valence electrons. The van der Waals surface area contributed by atoms with E-state index in [9.17, 15) is 4.79 Å². The van der Waals surface area contributed by atoms with Crippen LogP contribution in [0.1, 0.15) is 31.7 Å². The molecule has 0 unspecified atom stereocenters. The van der Waals surface area contributed by atoms with E-state index >= 15 is 0 Å². The van der Waals surface area contributed by atoms with Crippen molar-refractivity contribution in [1.29, 1.82) is 0 Å². The van der Waals surface area contributed by atoms with Gasteiger partial charge in [0.1, 0.15) is 19.0 Å². The minimum absolute atomic E-state index is 0.184. The van der Waals surface area contributed by atoms with Gasteiger partial charge in [-0.05, 0) is 43.2 Å². The Morgan fingerprint density at radius 1 is 1.00 bits per heavy atom. The molecule has 0 aliphatic heterocycles. The van der Waals surface area contributed by atoms with Gasteiger partial charge in [-0.25, -0.2) is 0 Å². The first-order chi connectivity index (χ1) is 12.7. The van der Waals surface area contributed by atoms with Crippen molar-refractivity contribution in [2.24, 2.45) is 0 Å². The van der Waals surface area contributed by atoms with Gasteiger partial charge >= 0.3 is 5.97 Å². The lowest BCUT2D eigenvalue weighted by atomic mass is 10.2. The summed E-state index contributed by atoms with van der Waals surface area (Å²) in [5.41, 5.74) is 2.39. The van der Waals surface area contributed by atoms with Crippen molar-refractivity contribution in [1.82, 2.24) is 0 Å². The molecule has 0 atom stereocenters. The highest BCUT2D eigenvalue weighted by atomic mass is 16.6. The van der Waals surface area contributed by atoms with E-state index in [1.807, 2.05) is 30.3 Å². The Kier molecular flexibility index (Phi) is 8.53. The van der Waals surface area contributed by atoms with Gasteiger partial charge in [0.05, 0.1) is 6.42 Å². The zero-order chi connectivity index (χ0) is 18.6. The molecule has 0 N–H and O–H groups in total. The Balaban J connectivity index is 1.73. The van der Waals surface area contributed by atoms with Crippen LogP contribution in [0, 0.1) is 6.92 Å². The van der Waals surface area contributed by atoms with E-state index in [0.717, 1.165) is 25.1 Å². The van der Waals surface area contributed by atoms with Crippen LogP contribution in [0.2, 0.25) is 0 Å². The quantitative estimate of drug-likeness (QED) is 0.436. The minimum Gasteiger partial charge on any atom is -0.490 e. The molecule has 0 bridgehead atoms.